The molecule has 1 atom stereocenters. The summed E-state index contributed by atoms with van der Waals surface area (Å²) < 4.78 is 5.09. The number of methoxy groups -OCH3 is 1. The quantitative estimate of drug-likeness (QED) is 0.823. The van der Waals surface area contributed by atoms with Crippen molar-refractivity contribution in [1.82, 2.24) is 5.32 Å². The second-order valence-corrected chi connectivity index (χ2v) is 4.26. The van der Waals surface area contributed by atoms with Crippen LogP contribution >= 0.6 is 12.4 Å². The molecule has 0 saturated carbocycles. The van der Waals surface area contributed by atoms with E-state index in [0.29, 0.717) is 5.92 Å². The minimum atomic E-state index is 0. The van der Waals surface area contributed by atoms with Crippen molar-refractivity contribution >= 4 is 12.4 Å². The Balaban J connectivity index is 0.00000256. The summed E-state index contributed by atoms with van der Waals surface area (Å²) in [6, 6.07) is 8.10. The molecule has 0 aliphatic rings. The lowest BCUT2D eigenvalue weighted by Crippen LogP contribution is -2.36. The second-order valence-electron chi connectivity index (χ2n) is 4.26. The second kappa shape index (κ2) is 8.34. The third-order valence-electron chi connectivity index (χ3n) is 2.73. The molecular weight excluding hydrogens is 238 g/mol. The molecule has 1 rings (SSSR count). The van der Waals surface area contributed by atoms with Crippen LogP contribution in [-0.4, -0.2) is 24.9 Å². The van der Waals surface area contributed by atoms with Crippen LogP contribution in [0.3, 0.4) is 0 Å². The van der Waals surface area contributed by atoms with Gasteiger partial charge < -0.3 is 15.2 Å². The number of benzene rings is 1. The molecule has 0 aliphatic carbocycles. The fourth-order valence-corrected chi connectivity index (χ4v) is 1.50. The van der Waals surface area contributed by atoms with E-state index in [-0.39, 0.29) is 25.1 Å². The SMILES string of the molecule is COc1ccc(CN[C@H](CO)C(C)C)cc1.Cl. The molecule has 17 heavy (non-hydrogen) atoms. The first-order valence-corrected chi connectivity index (χ1v) is 5.64. The summed E-state index contributed by atoms with van der Waals surface area (Å²) >= 11 is 0. The van der Waals surface area contributed by atoms with Crippen LogP contribution in [0.4, 0.5) is 0 Å². The molecule has 0 aromatic heterocycles. The molecule has 0 spiro atoms. The zero-order chi connectivity index (χ0) is 12.0. The molecule has 0 heterocycles. The lowest BCUT2D eigenvalue weighted by atomic mass is 10.1. The van der Waals surface area contributed by atoms with Crippen LogP contribution in [0.5, 0.6) is 5.75 Å². The molecule has 2 N–H and O–H groups in total. The highest BCUT2D eigenvalue weighted by atomic mass is 35.5. The Morgan fingerprint density at radius 2 is 1.82 bits per heavy atom. The van der Waals surface area contributed by atoms with Gasteiger partial charge in [-0.2, -0.15) is 0 Å². The lowest BCUT2D eigenvalue weighted by molar-refractivity contribution is 0.210. The molecule has 1 aromatic rings. The fourth-order valence-electron chi connectivity index (χ4n) is 1.50. The van der Waals surface area contributed by atoms with Crippen molar-refractivity contribution in [2.75, 3.05) is 13.7 Å². The third kappa shape index (κ3) is 5.39. The van der Waals surface area contributed by atoms with Crippen molar-refractivity contribution in [3.8, 4) is 5.75 Å². The number of aliphatic hydroxyl groups excluding tert-OH is 1. The van der Waals surface area contributed by atoms with Gasteiger partial charge in [-0.25, -0.2) is 0 Å². The molecule has 1 aromatic carbocycles. The van der Waals surface area contributed by atoms with Gasteiger partial charge in [-0.05, 0) is 23.6 Å². The molecule has 0 radical (unpaired) electrons. The summed E-state index contributed by atoms with van der Waals surface area (Å²) in [5, 5.41) is 12.5. The smallest absolute Gasteiger partial charge is 0.118 e. The van der Waals surface area contributed by atoms with E-state index in [2.05, 4.69) is 19.2 Å². The summed E-state index contributed by atoms with van der Waals surface area (Å²) in [4.78, 5) is 0. The normalized spacial score (nSPS) is 12.1. The van der Waals surface area contributed by atoms with Gasteiger partial charge in [0.25, 0.3) is 0 Å². The van der Waals surface area contributed by atoms with Crippen molar-refractivity contribution in [2.45, 2.75) is 26.4 Å². The Hall–Kier alpha value is -0.770. The monoisotopic (exact) mass is 259 g/mol. The van der Waals surface area contributed by atoms with E-state index in [1.807, 2.05) is 24.3 Å². The molecule has 0 amide bonds. The zero-order valence-corrected chi connectivity index (χ0v) is 11.5. The average Bonchev–Trinajstić information content (AvgIpc) is 2.30. The lowest BCUT2D eigenvalue weighted by Gasteiger charge is -2.19. The van der Waals surface area contributed by atoms with Crippen molar-refractivity contribution in [2.24, 2.45) is 5.92 Å². The first-order chi connectivity index (χ1) is 7.67. The van der Waals surface area contributed by atoms with E-state index < -0.39 is 0 Å². The highest BCUT2D eigenvalue weighted by Crippen LogP contribution is 2.11. The largest absolute Gasteiger partial charge is 0.497 e. The molecule has 0 bridgehead atoms. The topological polar surface area (TPSA) is 41.5 Å². The number of nitrogens with one attached hydrogen (secondary N) is 1. The Labute approximate surface area is 110 Å². The molecule has 0 fully saturated rings. The number of rotatable bonds is 6. The van der Waals surface area contributed by atoms with E-state index in [1.54, 1.807) is 7.11 Å². The van der Waals surface area contributed by atoms with Crippen LogP contribution in [0.2, 0.25) is 0 Å². The molecule has 0 aliphatic heterocycles. The van der Waals surface area contributed by atoms with Gasteiger partial charge in [0.15, 0.2) is 0 Å². The first kappa shape index (κ1) is 16.2. The van der Waals surface area contributed by atoms with Crippen molar-refractivity contribution in [3.63, 3.8) is 0 Å². The molecule has 0 unspecified atom stereocenters. The van der Waals surface area contributed by atoms with Crippen molar-refractivity contribution in [1.29, 1.82) is 0 Å². The number of ether oxygens (including phenoxy) is 1. The minimum Gasteiger partial charge on any atom is -0.497 e. The first-order valence-electron chi connectivity index (χ1n) is 5.64. The van der Waals surface area contributed by atoms with Gasteiger partial charge in [0.2, 0.25) is 0 Å². The molecule has 3 nitrogen and oxygen atoms in total. The van der Waals surface area contributed by atoms with E-state index >= 15 is 0 Å². The maximum Gasteiger partial charge on any atom is 0.118 e. The maximum absolute atomic E-state index is 9.17. The van der Waals surface area contributed by atoms with Crippen LogP contribution in [0.15, 0.2) is 24.3 Å². The summed E-state index contributed by atoms with van der Waals surface area (Å²) in [6.45, 7) is 5.14. The Morgan fingerprint density at radius 3 is 2.24 bits per heavy atom. The van der Waals surface area contributed by atoms with E-state index in [1.165, 1.54) is 5.56 Å². The molecule has 0 saturated heterocycles. The van der Waals surface area contributed by atoms with Gasteiger partial charge in [0.05, 0.1) is 13.7 Å². The number of hydrogen-bond acceptors (Lipinski definition) is 3. The molecule has 98 valence electrons. The van der Waals surface area contributed by atoms with Gasteiger partial charge in [-0.15, -0.1) is 12.4 Å². The van der Waals surface area contributed by atoms with Crippen LogP contribution in [-0.2, 0) is 6.54 Å². The summed E-state index contributed by atoms with van der Waals surface area (Å²) in [5.74, 6) is 1.30. The number of hydrogen-bond donors (Lipinski definition) is 2. The third-order valence-corrected chi connectivity index (χ3v) is 2.73. The Bertz CT molecular complexity index is 301. The van der Waals surface area contributed by atoms with Crippen molar-refractivity contribution in [3.05, 3.63) is 29.8 Å². The van der Waals surface area contributed by atoms with Crippen LogP contribution in [0.1, 0.15) is 19.4 Å². The van der Waals surface area contributed by atoms with Gasteiger partial charge >= 0.3 is 0 Å². The number of aliphatic hydroxyl groups is 1. The summed E-state index contributed by atoms with van der Waals surface area (Å²) in [6.07, 6.45) is 0. The highest BCUT2D eigenvalue weighted by Gasteiger charge is 2.10. The minimum absolute atomic E-state index is 0. The zero-order valence-electron chi connectivity index (χ0n) is 10.6. The van der Waals surface area contributed by atoms with E-state index in [0.717, 1.165) is 12.3 Å². The fraction of sp³-hybridized carbons (Fsp3) is 0.538. The number of halogens is 1. The van der Waals surface area contributed by atoms with Gasteiger partial charge in [0, 0.05) is 12.6 Å². The highest BCUT2D eigenvalue weighted by molar-refractivity contribution is 5.85. The predicted octanol–water partition coefficient (Wildman–Crippen LogP) is 2.22. The Kier molecular flexibility index (Phi) is 7.96. The van der Waals surface area contributed by atoms with Crippen LogP contribution in [0.25, 0.3) is 0 Å². The summed E-state index contributed by atoms with van der Waals surface area (Å²) in [5.41, 5.74) is 1.19. The van der Waals surface area contributed by atoms with Crippen LogP contribution < -0.4 is 10.1 Å². The average molecular weight is 260 g/mol. The molecule has 4 heteroatoms. The molecular formula is C13H22ClNO2. The van der Waals surface area contributed by atoms with Gasteiger partial charge in [-0.1, -0.05) is 26.0 Å². The maximum atomic E-state index is 9.17. The summed E-state index contributed by atoms with van der Waals surface area (Å²) in [7, 11) is 1.66. The van der Waals surface area contributed by atoms with Crippen molar-refractivity contribution < 1.29 is 9.84 Å². The van der Waals surface area contributed by atoms with E-state index in [4.69, 9.17) is 4.74 Å². The van der Waals surface area contributed by atoms with Crippen LogP contribution in [0, 0.1) is 5.92 Å². The standard InChI is InChI=1S/C13H21NO2.ClH/c1-10(2)13(9-15)14-8-11-4-6-12(16-3)7-5-11;/h4-7,10,13-15H,8-9H2,1-3H3;1H/t13-;/m1./s1. The Morgan fingerprint density at radius 1 is 1.24 bits per heavy atom. The predicted molar refractivity (Wildman–Crippen MR) is 72.8 cm³/mol. The van der Waals surface area contributed by atoms with Gasteiger partial charge in [-0.3, -0.25) is 0 Å². The van der Waals surface area contributed by atoms with E-state index in [9.17, 15) is 5.11 Å². The van der Waals surface area contributed by atoms with Gasteiger partial charge in [0.1, 0.15) is 5.75 Å².